The topological polar surface area (TPSA) is 79.1 Å². The number of hydrogen-bond acceptors (Lipinski definition) is 7. The van der Waals surface area contributed by atoms with Crippen LogP contribution in [0.2, 0.25) is 0 Å². The van der Waals surface area contributed by atoms with Crippen LogP contribution in [0.5, 0.6) is 11.5 Å². The number of fused-ring (bicyclic) bond motifs is 1. The van der Waals surface area contributed by atoms with Crippen LogP contribution in [0.15, 0.2) is 82.2 Å². The van der Waals surface area contributed by atoms with Gasteiger partial charge in [-0.1, -0.05) is 60.4 Å². The summed E-state index contributed by atoms with van der Waals surface area (Å²) >= 11 is 1.26. The fraction of sp³-hybridized carbons (Fsp3) is 0.250. The molecule has 36 heavy (non-hydrogen) atoms. The third kappa shape index (κ3) is 4.90. The van der Waals surface area contributed by atoms with Crippen LogP contribution in [0.3, 0.4) is 0 Å². The molecule has 1 aromatic heterocycles. The second-order valence-electron chi connectivity index (χ2n) is 7.91. The van der Waals surface area contributed by atoms with E-state index < -0.39 is 12.0 Å². The van der Waals surface area contributed by atoms with E-state index in [-0.39, 0.29) is 12.2 Å². The van der Waals surface area contributed by atoms with E-state index >= 15 is 0 Å². The molecule has 2 aromatic carbocycles. The SMILES string of the molecule is C=CCOc1ccccc1/C=c1\sc2n(c1=O)[C@H](c1ccccc1OCC)C(C(=O)OCC)=C(C)N=2. The van der Waals surface area contributed by atoms with E-state index in [9.17, 15) is 9.59 Å². The molecule has 8 heteroatoms. The molecule has 0 N–H and O–H groups in total. The van der Waals surface area contributed by atoms with Crippen LogP contribution in [0, 0.1) is 0 Å². The van der Waals surface area contributed by atoms with Crippen molar-refractivity contribution in [2.45, 2.75) is 26.8 Å². The Hall–Kier alpha value is -3.91. The van der Waals surface area contributed by atoms with E-state index in [2.05, 4.69) is 11.6 Å². The highest BCUT2D eigenvalue weighted by atomic mass is 32.1. The van der Waals surface area contributed by atoms with Gasteiger partial charge in [-0.25, -0.2) is 9.79 Å². The Balaban J connectivity index is 1.96. The van der Waals surface area contributed by atoms with Crippen molar-refractivity contribution in [3.8, 4) is 11.5 Å². The average Bonchev–Trinajstić information content (AvgIpc) is 3.17. The summed E-state index contributed by atoms with van der Waals surface area (Å²) in [6.45, 7) is 10.1. The smallest absolute Gasteiger partial charge is 0.338 e. The predicted molar refractivity (Wildman–Crippen MR) is 140 cm³/mol. The lowest BCUT2D eigenvalue weighted by Crippen LogP contribution is -2.40. The van der Waals surface area contributed by atoms with Gasteiger partial charge in [-0.3, -0.25) is 9.36 Å². The number of rotatable bonds is 9. The van der Waals surface area contributed by atoms with Crippen LogP contribution >= 0.6 is 11.3 Å². The van der Waals surface area contributed by atoms with Crippen LogP contribution in [0.4, 0.5) is 0 Å². The van der Waals surface area contributed by atoms with Gasteiger partial charge in [0.1, 0.15) is 24.1 Å². The second kappa shape index (κ2) is 11.2. The number of carbonyl (C=O) groups excluding carboxylic acids is 1. The fourth-order valence-electron chi connectivity index (χ4n) is 4.10. The zero-order valence-corrected chi connectivity index (χ0v) is 21.3. The highest BCUT2D eigenvalue weighted by Crippen LogP contribution is 2.35. The maximum absolute atomic E-state index is 13.8. The van der Waals surface area contributed by atoms with Crippen molar-refractivity contribution in [3.63, 3.8) is 0 Å². The van der Waals surface area contributed by atoms with Gasteiger partial charge in [-0.15, -0.1) is 0 Å². The number of benzene rings is 2. The minimum absolute atomic E-state index is 0.210. The minimum Gasteiger partial charge on any atom is -0.494 e. The molecule has 0 saturated heterocycles. The van der Waals surface area contributed by atoms with E-state index in [1.807, 2.05) is 55.5 Å². The maximum atomic E-state index is 13.8. The van der Waals surface area contributed by atoms with E-state index in [4.69, 9.17) is 14.2 Å². The van der Waals surface area contributed by atoms with Crippen molar-refractivity contribution < 1.29 is 19.0 Å². The second-order valence-corrected chi connectivity index (χ2v) is 8.92. The van der Waals surface area contributed by atoms with Gasteiger partial charge >= 0.3 is 5.97 Å². The molecule has 7 nitrogen and oxygen atoms in total. The first-order chi connectivity index (χ1) is 17.5. The monoisotopic (exact) mass is 504 g/mol. The van der Waals surface area contributed by atoms with Crippen LogP contribution in [0.1, 0.15) is 37.9 Å². The first kappa shape index (κ1) is 25.2. The number of ether oxygens (including phenoxy) is 3. The molecule has 2 heterocycles. The molecule has 186 valence electrons. The number of esters is 1. The normalized spacial score (nSPS) is 15.2. The molecule has 0 amide bonds. The summed E-state index contributed by atoms with van der Waals surface area (Å²) in [5, 5.41) is 0. The van der Waals surface area contributed by atoms with Gasteiger partial charge in [0.25, 0.3) is 5.56 Å². The van der Waals surface area contributed by atoms with Gasteiger partial charge in [0, 0.05) is 11.1 Å². The van der Waals surface area contributed by atoms with Gasteiger partial charge in [0.15, 0.2) is 4.80 Å². The van der Waals surface area contributed by atoms with Crippen molar-refractivity contribution in [2.24, 2.45) is 4.99 Å². The molecule has 0 radical (unpaired) electrons. The number of thiazole rings is 1. The summed E-state index contributed by atoms with van der Waals surface area (Å²) in [5.74, 6) is 0.733. The van der Waals surface area contributed by atoms with Crippen molar-refractivity contribution in [1.82, 2.24) is 4.57 Å². The average molecular weight is 505 g/mol. The first-order valence-electron chi connectivity index (χ1n) is 11.7. The van der Waals surface area contributed by atoms with Crippen LogP contribution < -0.4 is 24.4 Å². The van der Waals surface area contributed by atoms with Gasteiger partial charge in [0.2, 0.25) is 0 Å². The predicted octanol–water partition coefficient (Wildman–Crippen LogP) is 3.76. The Morgan fingerprint density at radius 3 is 2.53 bits per heavy atom. The summed E-state index contributed by atoms with van der Waals surface area (Å²) in [5.41, 5.74) is 2.02. The number of hydrogen-bond donors (Lipinski definition) is 0. The number of para-hydroxylation sites is 2. The fourth-order valence-corrected chi connectivity index (χ4v) is 5.14. The minimum atomic E-state index is -0.738. The summed E-state index contributed by atoms with van der Waals surface area (Å²) in [4.78, 5) is 32.1. The van der Waals surface area contributed by atoms with Crippen molar-refractivity contribution >= 4 is 23.4 Å². The Morgan fingerprint density at radius 1 is 1.08 bits per heavy atom. The van der Waals surface area contributed by atoms with Crippen LogP contribution in [0.25, 0.3) is 6.08 Å². The lowest BCUT2D eigenvalue weighted by Gasteiger charge is -2.26. The molecule has 0 spiro atoms. The highest BCUT2D eigenvalue weighted by Gasteiger charge is 2.35. The molecule has 4 rings (SSSR count). The van der Waals surface area contributed by atoms with E-state index in [1.54, 1.807) is 30.6 Å². The lowest BCUT2D eigenvalue weighted by atomic mass is 9.95. The zero-order valence-electron chi connectivity index (χ0n) is 20.5. The van der Waals surface area contributed by atoms with Crippen molar-refractivity contribution in [2.75, 3.05) is 19.8 Å². The zero-order chi connectivity index (χ0) is 25.7. The summed E-state index contributed by atoms with van der Waals surface area (Å²) in [6, 6.07) is 14.2. The molecule has 0 saturated carbocycles. The van der Waals surface area contributed by atoms with Crippen LogP contribution in [-0.4, -0.2) is 30.4 Å². The molecule has 1 aliphatic heterocycles. The standard InChI is InChI=1S/C28H28N2O5S/c1-5-16-35-21-14-10-8-12-19(21)17-23-26(31)30-25(20-13-9-11-15-22(20)33-6-2)24(27(32)34-7-3)18(4)29-28(30)36-23/h5,8-15,17,25H,1,6-7,16H2,2-4H3/b23-17-/t25-/m1/s1. The number of nitrogens with zero attached hydrogens (tertiary/aromatic N) is 2. The summed E-state index contributed by atoms with van der Waals surface area (Å²) in [7, 11) is 0. The van der Waals surface area contributed by atoms with Gasteiger partial charge in [0.05, 0.1) is 29.0 Å². The Morgan fingerprint density at radius 2 is 1.81 bits per heavy atom. The molecule has 3 aromatic rings. The number of carbonyl (C=O) groups is 1. The molecular formula is C28H28N2O5S. The summed E-state index contributed by atoms with van der Waals surface area (Å²) in [6.07, 6.45) is 3.46. The molecular weight excluding hydrogens is 476 g/mol. The molecule has 0 aliphatic carbocycles. The molecule has 0 unspecified atom stereocenters. The van der Waals surface area contributed by atoms with E-state index in [1.165, 1.54) is 11.3 Å². The maximum Gasteiger partial charge on any atom is 0.338 e. The first-order valence-corrected chi connectivity index (χ1v) is 12.6. The Labute approximate surface area is 213 Å². The van der Waals surface area contributed by atoms with Gasteiger partial charge in [-0.05, 0) is 39.0 Å². The third-order valence-electron chi connectivity index (χ3n) is 5.59. The molecule has 1 aliphatic rings. The highest BCUT2D eigenvalue weighted by molar-refractivity contribution is 7.07. The quantitative estimate of drug-likeness (QED) is 0.328. The van der Waals surface area contributed by atoms with Gasteiger partial charge in [-0.2, -0.15) is 0 Å². The van der Waals surface area contributed by atoms with Crippen molar-refractivity contribution in [1.29, 1.82) is 0 Å². The summed E-state index contributed by atoms with van der Waals surface area (Å²) < 4.78 is 19.0. The van der Waals surface area contributed by atoms with Crippen molar-refractivity contribution in [3.05, 3.63) is 103 Å². The molecule has 0 fully saturated rings. The number of aromatic nitrogens is 1. The van der Waals surface area contributed by atoms with E-state index in [0.717, 1.165) is 5.56 Å². The lowest BCUT2D eigenvalue weighted by molar-refractivity contribution is -0.139. The van der Waals surface area contributed by atoms with Crippen LogP contribution in [-0.2, 0) is 9.53 Å². The van der Waals surface area contributed by atoms with E-state index in [0.29, 0.717) is 50.9 Å². The Bertz CT molecular complexity index is 1500. The Kier molecular flexibility index (Phi) is 7.85. The third-order valence-corrected chi connectivity index (χ3v) is 6.58. The molecule has 0 bridgehead atoms. The number of allylic oxidation sites excluding steroid dienone is 1. The van der Waals surface area contributed by atoms with Gasteiger partial charge < -0.3 is 14.2 Å². The molecule has 1 atom stereocenters. The largest absolute Gasteiger partial charge is 0.494 e.